The molecule has 0 aliphatic heterocycles. The Labute approximate surface area is 193 Å². The number of carbonyl (C=O) groups is 3. The van der Waals surface area contributed by atoms with Crippen molar-refractivity contribution in [3.8, 4) is 0 Å². The molecule has 3 rings (SSSR count). The number of benzene rings is 3. The summed E-state index contributed by atoms with van der Waals surface area (Å²) < 4.78 is 0. The molecule has 0 bridgehead atoms. The van der Waals surface area contributed by atoms with Gasteiger partial charge in [0.25, 0.3) is 5.91 Å². The minimum absolute atomic E-state index is 0.0274. The summed E-state index contributed by atoms with van der Waals surface area (Å²) in [5.74, 6) is -0.519. The van der Waals surface area contributed by atoms with E-state index >= 15 is 0 Å². The molecule has 0 aliphatic carbocycles. The SMILES string of the molecule is CCC(=O)Nc1cc(NC(=O)CNc2cccc(C(=O)NCc3ccccc3)c2)ccc1C. The standard InChI is InChI=1S/C26H28N4O3/c1-3-24(31)30-23-15-22(13-12-18(23)2)29-25(32)17-27-21-11-7-10-20(14-21)26(33)28-16-19-8-5-4-6-9-19/h4-15,27H,3,16-17H2,1-2H3,(H,28,33)(H,29,32)(H,30,31). The van der Waals surface area contributed by atoms with E-state index in [1.54, 1.807) is 43.3 Å². The van der Waals surface area contributed by atoms with Gasteiger partial charge in [0.2, 0.25) is 11.8 Å². The zero-order valence-electron chi connectivity index (χ0n) is 18.8. The van der Waals surface area contributed by atoms with Crippen LogP contribution < -0.4 is 21.3 Å². The molecule has 3 aromatic carbocycles. The molecule has 0 fully saturated rings. The highest BCUT2D eigenvalue weighted by Crippen LogP contribution is 2.20. The van der Waals surface area contributed by atoms with E-state index in [4.69, 9.17) is 0 Å². The predicted octanol–water partition coefficient (Wildman–Crippen LogP) is 4.32. The zero-order chi connectivity index (χ0) is 23.6. The summed E-state index contributed by atoms with van der Waals surface area (Å²) in [5.41, 5.74) is 4.36. The third-order valence-corrected chi connectivity index (χ3v) is 4.99. The van der Waals surface area contributed by atoms with Crippen molar-refractivity contribution in [2.45, 2.75) is 26.8 Å². The summed E-state index contributed by atoms with van der Waals surface area (Å²) in [6.07, 6.45) is 0.378. The first-order chi connectivity index (χ1) is 15.9. The van der Waals surface area contributed by atoms with E-state index in [0.29, 0.717) is 35.6 Å². The van der Waals surface area contributed by atoms with Gasteiger partial charge in [-0.15, -0.1) is 0 Å². The van der Waals surface area contributed by atoms with E-state index in [-0.39, 0.29) is 24.3 Å². The number of rotatable bonds is 9. The molecule has 0 saturated carbocycles. The normalized spacial score (nSPS) is 10.2. The third-order valence-electron chi connectivity index (χ3n) is 4.99. The minimum atomic E-state index is -0.245. The van der Waals surface area contributed by atoms with Crippen molar-refractivity contribution in [2.75, 3.05) is 22.5 Å². The third kappa shape index (κ3) is 7.21. The number of amides is 3. The van der Waals surface area contributed by atoms with Crippen molar-refractivity contribution in [1.82, 2.24) is 5.32 Å². The highest BCUT2D eigenvalue weighted by Gasteiger charge is 2.09. The predicted molar refractivity (Wildman–Crippen MR) is 131 cm³/mol. The van der Waals surface area contributed by atoms with Crippen LogP contribution in [0.15, 0.2) is 72.8 Å². The van der Waals surface area contributed by atoms with Crippen LogP contribution in [0.2, 0.25) is 0 Å². The second kappa shape index (κ2) is 11.5. The molecule has 0 saturated heterocycles. The first-order valence-electron chi connectivity index (χ1n) is 10.8. The van der Waals surface area contributed by atoms with Crippen molar-refractivity contribution in [2.24, 2.45) is 0 Å². The van der Waals surface area contributed by atoms with Gasteiger partial charge >= 0.3 is 0 Å². The molecule has 0 aliphatic rings. The van der Waals surface area contributed by atoms with Crippen molar-refractivity contribution >= 4 is 34.8 Å². The molecule has 7 nitrogen and oxygen atoms in total. The van der Waals surface area contributed by atoms with E-state index < -0.39 is 0 Å². The molecule has 0 aromatic heterocycles. The van der Waals surface area contributed by atoms with Gasteiger partial charge in [-0.25, -0.2) is 0 Å². The lowest BCUT2D eigenvalue weighted by Crippen LogP contribution is -2.24. The van der Waals surface area contributed by atoms with Crippen LogP contribution in [0.1, 0.15) is 34.8 Å². The highest BCUT2D eigenvalue weighted by molar-refractivity contribution is 5.97. The van der Waals surface area contributed by atoms with Gasteiger partial charge in [0.1, 0.15) is 0 Å². The Morgan fingerprint density at radius 1 is 0.788 bits per heavy atom. The van der Waals surface area contributed by atoms with Gasteiger partial charge < -0.3 is 21.3 Å². The van der Waals surface area contributed by atoms with Gasteiger partial charge in [-0.05, 0) is 48.4 Å². The summed E-state index contributed by atoms with van der Waals surface area (Å²) in [4.78, 5) is 36.5. The minimum Gasteiger partial charge on any atom is -0.376 e. The zero-order valence-corrected chi connectivity index (χ0v) is 18.8. The van der Waals surface area contributed by atoms with Crippen molar-refractivity contribution < 1.29 is 14.4 Å². The summed E-state index contributed by atoms with van der Waals surface area (Å²) >= 11 is 0. The van der Waals surface area contributed by atoms with Gasteiger partial charge in [-0.1, -0.05) is 49.4 Å². The molecule has 4 N–H and O–H groups in total. The molecule has 170 valence electrons. The molecule has 0 atom stereocenters. The maximum atomic E-state index is 12.5. The Balaban J connectivity index is 1.53. The first-order valence-corrected chi connectivity index (χ1v) is 10.8. The molecular weight excluding hydrogens is 416 g/mol. The van der Waals surface area contributed by atoms with Crippen LogP contribution >= 0.6 is 0 Å². The van der Waals surface area contributed by atoms with E-state index in [0.717, 1.165) is 11.1 Å². The monoisotopic (exact) mass is 444 g/mol. The fourth-order valence-electron chi connectivity index (χ4n) is 3.11. The quantitative estimate of drug-likeness (QED) is 0.395. The number of hydrogen-bond acceptors (Lipinski definition) is 4. The molecule has 0 spiro atoms. The molecule has 3 amide bonds. The summed E-state index contributed by atoms with van der Waals surface area (Å²) in [6, 6.07) is 22.0. The first kappa shape index (κ1) is 23.5. The van der Waals surface area contributed by atoms with Gasteiger partial charge in [0, 0.05) is 35.6 Å². The Kier molecular flexibility index (Phi) is 8.18. The maximum absolute atomic E-state index is 12.5. The van der Waals surface area contributed by atoms with Crippen molar-refractivity contribution in [3.05, 3.63) is 89.5 Å². The van der Waals surface area contributed by atoms with Gasteiger partial charge in [0.05, 0.1) is 6.54 Å². The Bertz CT molecular complexity index is 1130. The molecule has 0 radical (unpaired) electrons. The topological polar surface area (TPSA) is 99.3 Å². The second-order valence-electron chi connectivity index (χ2n) is 7.58. The molecule has 7 heteroatoms. The molecule has 33 heavy (non-hydrogen) atoms. The van der Waals surface area contributed by atoms with Crippen LogP contribution in [0.25, 0.3) is 0 Å². The summed E-state index contributed by atoms with van der Waals surface area (Å²) in [7, 11) is 0. The fourth-order valence-corrected chi connectivity index (χ4v) is 3.11. The largest absolute Gasteiger partial charge is 0.376 e. The molecule has 0 heterocycles. The Hall–Kier alpha value is -4.13. The average Bonchev–Trinajstić information content (AvgIpc) is 2.84. The van der Waals surface area contributed by atoms with Crippen LogP contribution in [0, 0.1) is 6.92 Å². The Morgan fingerprint density at radius 3 is 2.33 bits per heavy atom. The van der Waals surface area contributed by atoms with Crippen molar-refractivity contribution in [3.63, 3.8) is 0 Å². The van der Waals surface area contributed by atoms with Crippen LogP contribution in [0.5, 0.6) is 0 Å². The number of aryl methyl sites for hydroxylation is 1. The lowest BCUT2D eigenvalue weighted by molar-refractivity contribution is -0.116. The van der Waals surface area contributed by atoms with Gasteiger partial charge in [0.15, 0.2) is 0 Å². The number of carbonyl (C=O) groups excluding carboxylic acids is 3. The fraction of sp³-hybridized carbons (Fsp3) is 0.192. The highest BCUT2D eigenvalue weighted by atomic mass is 16.2. The van der Waals surface area contributed by atoms with Crippen molar-refractivity contribution in [1.29, 1.82) is 0 Å². The summed E-state index contributed by atoms with van der Waals surface area (Å²) in [5, 5.41) is 11.6. The smallest absolute Gasteiger partial charge is 0.251 e. The van der Waals surface area contributed by atoms with E-state index in [2.05, 4.69) is 21.3 Å². The van der Waals surface area contributed by atoms with Crippen LogP contribution in [-0.4, -0.2) is 24.3 Å². The van der Waals surface area contributed by atoms with Gasteiger partial charge in [-0.3, -0.25) is 14.4 Å². The second-order valence-corrected chi connectivity index (χ2v) is 7.58. The van der Waals surface area contributed by atoms with Crippen LogP contribution in [-0.2, 0) is 16.1 Å². The Morgan fingerprint density at radius 2 is 1.58 bits per heavy atom. The van der Waals surface area contributed by atoms with E-state index in [9.17, 15) is 14.4 Å². The average molecular weight is 445 g/mol. The van der Waals surface area contributed by atoms with E-state index in [1.807, 2.05) is 43.3 Å². The maximum Gasteiger partial charge on any atom is 0.251 e. The van der Waals surface area contributed by atoms with Crippen LogP contribution in [0.4, 0.5) is 17.1 Å². The van der Waals surface area contributed by atoms with E-state index in [1.165, 1.54) is 0 Å². The lowest BCUT2D eigenvalue weighted by Gasteiger charge is -2.12. The molecular formula is C26H28N4O3. The molecule has 3 aromatic rings. The number of nitrogens with one attached hydrogen (secondary N) is 4. The molecule has 0 unspecified atom stereocenters. The number of hydrogen-bond donors (Lipinski definition) is 4. The van der Waals surface area contributed by atoms with Crippen LogP contribution in [0.3, 0.4) is 0 Å². The summed E-state index contributed by atoms with van der Waals surface area (Å²) in [6.45, 7) is 4.14. The number of anilines is 3. The van der Waals surface area contributed by atoms with Gasteiger partial charge in [-0.2, -0.15) is 0 Å². The lowest BCUT2D eigenvalue weighted by atomic mass is 10.1.